The van der Waals surface area contributed by atoms with E-state index in [0.29, 0.717) is 6.42 Å². The number of aliphatic hydroxyl groups is 1. The van der Waals surface area contributed by atoms with Gasteiger partial charge in [-0.25, -0.2) is 4.79 Å². The number of hydrogen-bond donors (Lipinski definition) is 9. The van der Waals surface area contributed by atoms with E-state index in [1.807, 2.05) is 0 Å². The second-order valence-electron chi connectivity index (χ2n) is 8.15. The summed E-state index contributed by atoms with van der Waals surface area (Å²) in [6.07, 6.45) is -1.46. The van der Waals surface area contributed by atoms with E-state index in [-0.39, 0.29) is 25.3 Å². The van der Waals surface area contributed by atoms with Crippen LogP contribution in [0.3, 0.4) is 0 Å². The summed E-state index contributed by atoms with van der Waals surface area (Å²) < 4.78 is 0. The van der Waals surface area contributed by atoms with Crippen LogP contribution in [0.5, 0.6) is 0 Å². The SMILES string of the molecule is CCC(C)C(NC(=O)C(NC(=O)C(CCCN=C(N)N)NC(=O)C(N)CC(=O)O)C(C)O)C(=O)O. The van der Waals surface area contributed by atoms with Crippen molar-refractivity contribution < 1.29 is 39.3 Å². The number of carbonyl (C=O) groups is 5. The van der Waals surface area contributed by atoms with Gasteiger partial charge in [-0.15, -0.1) is 0 Å². The van der Waals surface area contributed by atoms with E-state index in [4.69, 9.17) is 22.3 Å². The Morgan fingerprint density at radius 1 is 0.914 bits per heavy atom. The van der Waals surface area contributed by atoms with Crippen molar-refractivity contribution >= 4 is 35.6 Å². The lowest BCUT2D eigenvalue weighted by molar-refractivity contribution is -0.144. The number of nitrogens with two attached hydrogens (primary N) is 3. The van der Waals surface area contributed by atoms with E-state index in [1.165, 1.54) is 6.92 Å². The minimum Gasteiger partial charge on any atom is -0.481 e. The van der Waals surface area contributed by atoms with Crippen LogP contribution in [0.25, 0.3) is 0 Å². The number of hydrogen-bond acceptors (Lipinski definition) is 8. The van der Waals surface area contributed by atoms with Crippen LogP contribution in [0, 0.1) is 5.92 Å². The predicted octanol–water partition coefficient (Wildman–Crippen LogP) is -3.19. The Morgan fingerprint density at radius 3 is 1.94 bits per heavy atom. The van der Waals surface area contributed by atoms with Gasteiger partial charge in [-0.05, 0) is 25.7 Å². The van der Waals surface area contributed by atoms with Crippen LogP contribution < -0.4 is 33.2 Å². The second-order valence-corrected chi connectivity index (χ2v) is 8.15. The molecule has 0 bridgehead atoms. The molecule has 3 amide bonds. The van der Waals surface area contributed by atoms with Crippen molar-refractivity contribution in [1.82, 2.24) is 16.0 Å². The molecule has 0 aliphatic rings. The van der Waals surface area contributed by atoms with Gasteiger partial charge in [-0.3, -0.25) is 24.2 Å². The van der Waals surface area contributed by atoms with E-state index in [2.05, 4.69) is 20.9 Å². The summed E-state index contributed by atoms with van der Waals surface area (Å²) in [5, 5.41) is 35.2. The summed E-state index contributed by atoms with van der Waals surface area (Å²) >= 11 is 0. The fourth-order valence-corrected chi connectivity index (χ4v) is 2.92. The van der Waals surface area contributed by atoms with Gasteiger partial charge in [0.1, 0.15) is 18.1 Å². The van der Waals surface area contributed by atoms with Gasteiger partial charge >= 0.3 is 11.9 Å². The average molecular weight is 504 g/mol. The molecule has 0 aliphatic carbocycles. The molecule has 12 N–H and O–H groups in total. The molecule has 0 fully saturated rings. The standard InChI is InChI=1S/C20H37N7O8/c1-4-9(2)14(19(34)35)26-18(33)15(10(3)28)27-17(32)12(6-5-7-24-20(22)23)25-16(31)11(21)8-13(29)30/h9-12,14-15,28H,4-8,21H2,1-3H3,(H,25,31)(H,26,33)(H,27,32)(H,29,30)(H,34,35)(H4,22,23,24). The number of aliphatic carboxylic acids is 2. The lowest BCUT2D eigenvalue weighted by Crippen LogP contribution is -2.60. The summed E-state index contributed by atoms with van der Waals surface area (Å²) in [6.45, 7) is 4.69. The molecule has 15 heteroatoms. The van der Waals surface area contributed by atoms with E-state index < -0.39 is 72.3 Å². The number of guanidine groups is 1. The molecule has 0 rings (SSSR count). The number of carbonyl (C=O) groups excluding carboxylic acids is 3. The molecule has 0 aromatic heterocycles. The Balaban J connectivity index is 5.59. The van der Waals surface area contributed by atoms with E-state index in [1.54, 1.807) is 13.8 Å². The highest BCUT2D eigenvalue weighted by Gasteiger charge is 2.34. The van der Waals surface area contributed by atoms with Crippen molar-refractivity contribution in [1.29, 1.82) is 0 Å². The third kappa shape index (κ3) is 12.0. The van der Waals surface area contributed by atoms with E-state index in [0.717, 1.165) is 0 Å². The predicted molar refractivity (Wildman–Crippen MR) is 125 cm³/mol. The first kappa shape index (κ1) is 31.5. The van der Waals surface area contributed by atoms with Gasteiger partial charge in [0.2, 0.25) is 17.7 Å². The molecule has 0 radical (unpaired) electrons. The average Bonchev–Trinajstić information content (AvgIpc) is 2.75. The molecular formula is C20H37N7O8. The number of carboxylic acids is 2. The second kappa shape index (κ2) is 15.4. The van der Waals surface area contributed by atoms with Crippen molar-refractivity contribution in [2.24, 2.45) is 28.1 Å². The van der Waals surface area contributed by atoms with Gasteiger partial charge in [-0.2, -0.15) is 0 Å². The zero-order valence-corrected chi connectivity index (χ0v) is 20.1. The molecule has 0 saturated heterocycles. The third-order valence-electron chi connectivity index (χ3n) is 5.15. The summed E-state index contributed by atoms with van der Waals surface area (Å²) in [5.41, 5.74) is 16.1. The summed E-state index contributed by atoms with van der Waals surface area (Å²) in [7, 11) is 0. The van der Waals surface area contributed by atoms with Crippen LogP contribution in [0.1, 0.15) is 46.5 Å². The van der Waals surface area contributed by atoms with Gasteiger partial charge in [0.05, 0.1) is 18.6 Å². The number of carboxylic acid groups (broad SMARTS) is 2. The van der Waals surface area contributed by atoms with E-state index in [9.17, 15) is 34.2 Å². The molecule has 0 spiro atoms. The monoisotopic (exact) mass is 503 g/mol. The molecule has 200 valence electrons. The maximum absolute atomic E-state index is 12.9. The number of rotatable bonds is 16. The summed E-state index contributed by atoms with van der Waals surface area (Å²) in [6, 6.07) is -5.52. The van der Waals surface area contributed by atoms with Gasteiger partial charge < -0.3 is 48.5 Å². The van der Waals surface area contributed by atoms with Crippen LogP contribution in [0.2, 0.25) is 0 Å². The first-order valence-corrected chi connectivity index (χ1v) is 11.1. The first-order chi connectivity index (χ1) is 16.2. The topological polar surface area (TPSA) is 273 Å². The van der Waals surface area contributed by atoms with Gasteiger partial charge in [0, 0.05) is 6.54 Å². The molecule has 35 heavy (non-hydrogen) atoms. The van der Waals surface area contributed by atoms with Crippen LogP contribution in [0.4, 0.5) is 0 Å². The van der Waals surface area contributed by atoms with Crippen LogP contribution in [-0.4, -0.2) is 87.8 Å². The lowest BCUT2D eigenvalue weighted by Gasteiger charge is -2.27. The molecular weight excluding hydrogens is 466 g/mol. The maximum Gasteiger partial charge on any atom is 0.326 e. The fourth-order valence-electron chi connectivity index (χ4n) is 2.92. The van der Waals surface area contributed by atoms with E-state index >= 15 is 0 Å². The minimum atomic E-state index is -1.54. The third-order valence-corrected chi connectivity index (χ3v) is 5.15. The fraction of sp³-hybridized carbons (Fsp3) is 0.700. The zero-order valence-electron chi connectivity index (χ0n) is 20.1. The molecule has 6 unspecified atom stereocenters. The highest BCUT2D eigenvalue weighted by Crippen LogP contribution is 2.09. The molecule has 6 atom stereocenters. The highest BCUT2D eigenvalue weighted by atomic mass is 16.4. The Labute approximate surface area is 202 Å². The Bertz CT molecular complexity index is 785. The molecule has 0 saturated carbocycles. The van der Waals surface area contributed by atoms with Crippen LogP contribution >= 0.6 is 0 Å². The first-order valence-electron chi connectivity index (χ1n) is 11.1. The van der Waals surface area contributed by atoms with Crippen molar-refractivity contribution in [3.05, 3.63) is 0 Å². The summed E-state index contributed by atoms with van der Waals surface area (Å²) in [5.74, 6) is -5.95. The highest BCUT2D eigenvalue weighted by molar-refractivity contribution is 5.95. The van der Waals surface area contributed by atoms with Crippen molar-refractivity contribution in [3.8, 4) is 0 Å². The largest absolute Gasteiger partial charge is 0.481 e. The number of amides is 3. The number of nitrogens with zero attached hydrogens (tertiary/aromatic N) is 1. The van der Waals surface area contributed by atoms with Crippen molar-refractivity contribution in [3.63, 3.8) is 0 Å². The molecule has 0 aliphatic heterocycles. The Morgan fingerprint density at radius 2 is 1.49 bits per heavy atom. The van der Waals surface area contributed by atoms with Gasteiger partial charge in [-0.1, -0.05) is 20.3 Å². The summed E-state index contributed by atoms with van der Waals surface area (Å²) in [4.78, 5) is 64.0. The van der Waals surface area contributed by atoms with Crippen LogP contribution in [0.15, 0.2) is 4.99 Å². The molecule has 0 heterocycles. The number of nitrogens with one attached hydrogen (secondary N) is 3. The molecule has 15 nitrogen and oxygen atoms in total. The quantitative estimate of drug-likeness (QED) is 0.0574. The minimum absolute atomic E-state index is 0.0209. The molecule has 0 aromatic carbocycles. The smallest absolute Gasteiger partial charge is 0.326 e. The van der Waals surface area contributed by atoms with Gasteiger partial charge in [0.25, 0.3) is 0 Å². The van der Waals surface area contributed by atoms with Crippen molar-refractivity contribution in [2.75, 3.05) is 6.54 Å². The van der Waals surface area contributed by atoms with Crippen molar-refractivity contribution in [2.45, 2.75) is 76.7 Å². The molecule has 0 aromatic rings. The Kier molecular flexibility index (Phi) is 13.9. The maximum atomic E-state index is 12.9. The number of aliphatic imine (C=N–C) groups is 1. The normalized spacial score (nSPS) is 15.9. The van der Waals surface area contributed by atoms with Gasteiger partial charge in [0.15, 0.2) is 5.96 Å². The Hall–Kier alpha value is -3.46. The lowest BCUT2D eigenvalue weighted by atomic mass is 9.98. The zero-order chi connectivity index (χ0) is 27.3. The number of aliphatic hydroxyl groups excluding tert-OH is 1. The van der Waals surface area contributed by atoms with Crippen LogP contribution in [-0.2, 0) is 24.0 Å².